The smallest absolute Gasteiger partial charge is 0.246 e. The van der Waals surface area contributed by atoms with Gasteiger partial charge in [0.15, 0.2) is 0 Å². The minimum atomic E-state index is -0.0579. The molecule has 1 aliphatic heterocycles. The van der Waals surface area contributed by atoms with Crippen LogP contribution >= 0.6 is 0 Å². The van der Waals surface area contributed by atoms with E-state index in [0.717, 1.165) is 11.4 Å². The number of nitriles is 2. The van der Waals surface area contributed by atoms with E-state index in [0.29, 0.717) is 18.5 Å². The number of nitrogens with zero attached hydrogens (tertiary/aromatic N) is 3. The van der Waals surface area contributed by atoms with E-state index >= 15 is 0 Å². The molecule has 0 fully saturated rings. The molecule has 0 saturated heterocycles. The van der Waals surface area contributed by atoms with Crippen molar-refractivity contribution in [3.05, 3.63) is 23.8 Å². The molecule has 0 unspecified atom stereocenters. The Morgan fingerprint density at radius 2 is 2.24 bits per heavy atom. The molecule has 1 amide bonds. The molecule has 2 rings (SSSR count). The van der Waals surface area contributed by atoms with Crippen LogP contribution in [-0.4, -0.2) is 19.0 Å². The summed E-state index contributed by atoms with van der Waals surface area (Å²) in [4.78, 5) is 13.3. The maximum absolute atomic E-state index is 11.7. The first kappa shape index (κ1) is 11.0. The van der Waals surface area contributed by atoms with Gasteiger partial charge in [0.1, 0.15) is 0 Å². The lowest BCUT2D eigenvalue weighted by molar-refractivity contribution is -0.117. The highest BCUT2D eigenvalue weighted by Crippen LogP contribution is 2.30. The molecule has 1 aromatic rings. The Balaban J connectivity index is 2.36. The van der Waals surface area contributed by atoms with Gasteiger partial charge in [-0.25, -0.2) is 0 Å². The van der Waals surface area contributed by atoms with E-state index in [4.69, 9.17) is 10.5 Å². The van der Waals surface area contributed by atoms with E-state index < -0.39 is 0 Å². The van der Waals surface area contributed by atoms with Crippen molar-refractivity contribution in [1.82, 2.24) is 0 Å². The molecule has 5 heteroatoms. The molecule has 0 aliphatic carbocycles. The van der Waals surface area contributed by atoms with Gasteiger partial charge in [0.05, 0.1) is 42.0 Å². The van der Waals surface area contributed by atoms with E-state index in [1.54, 1.807) is 23.1 Å². The molecule has 0 spiro atoms. The molecule has 17 heavy (non-hydrogen) atoms. The van der Waals surface area contributed by atoms with Gasteiger partial charge in [-0.2, -0.15) is 10.5 Å². The van der Waals surface area contributed by atoms with Gasteiger partial charge in [0, 0.05) is 6.54 Å². The van der Waals surface area contributed by atoms with Gasteiger partial charge in [0.25, 0.3) is 0 Å². The molecular formula is C12H10N4O. The fourth-order valence-corrected chi connectivity index (χ4v) is 1.79. The lowest BCUT2D eigenvalue weighted by Gasteiger charge is -2.29. The van der Waals surface area contributed by atoms with Crippen molar-refractivity contribution in [3.63, 3.8) is 0 Å². The summed E-state index contributed by atoms with van der Waals surface area (Å²) in [6.07, 6.45) is 0.297. The molecule has 5 nitrogen and oxygen atoms in total. The molecule has 84 valence electrons. The normalized spacial score (nSPS) is 13.3. The van der Waals surface area contributed by atoms with Crippen molar-refractivity contribution >= 4 is 17.3 Å². The zero-order valence-electron chi connectivity index (χ0n) is 9.10. The standard InChI is InChI=1S/C12H10N4O/c13-4-1-5-16-11-3-2-9(7-14)6-10(11)15-8-12(16)17/h2-3,6,15H,1,5,8H2. The number of anilines is 2. The van der Waals surface area contributed by atoms with Crippen LogP contribution in [0.15, 0.2) is 18.2 Å². The number of rotatable bonds is 2. The minimum Gasteiger partial charge on any atom is -0.374 e. The third kappa shape index (κ3) is 2.04. The molecule has 0 radical (unpaired) electrons. The Bertz CT molecular complexity index is 538. The van der Waals surface area contributed by atoms with Crippen molar-refractivity contribution in [1.29, 1.82) is 10.5 Å². The number of hydrogen-bond acceptors (Lipinski definition) is 4. The van der Waals surface area contributed by atoms with Crippen LogP contribution in [0.2, 0.25) is 0 Å². The van der Waals surface area contributed by atoms with Gasteiger partial charge in [-0.05, 0) is 18.2 Å². The number of amides is 1. The van der Waals surface area contributed by atoms with E-state index in [2.05, 4.69) is 11.4 Å². The summed E-state index contributed by atoms with van der Waals surface area (Å²) in [6.45, 7) is 0.587. The van der Waals surface area contributed by atoms with Gasteiger partial charge in [-0.1, -0.05) is 0 Å². The SMILES string of the molecule is N#CCCN1C(=O)CNc2cc(C#N)ccc21. The summed E-state index contributed by atoms with van der Waals surface area (Å²) in [5.41, 5.74) is 2.04. The molecule has 0 aromatic heterocycles. The van der Waals surface area contributed by atoms with Crippen molar-refractivity contribution in [3.8, 4) is 12.1 Å². The van der Waals surface area contributed by atoms with Gasteiger partial charge < -0.3 is 10.2 Å². The fraction of sp³-hybridized carbons (Fsp3) is 0.250. The maximum atomic E-state index is 11.7. The largest absolute Gasteiger partial charge is 0.374 e. The first-order chi connectivity index (χ1) is 8.26. The minimum absolute atomic E-state index is 0.0579. The predicted molar refractivity (Wildman–Crippen MR) is 62.2 cm³/mol. The summed E-state index contributed by atoms with van der Waals surface area (Å²) in [5.74, 6) is -0.0579. The molecule has 0 bridgehead atoms. The zero-order valence-corrected chi connectivity index (χ0v) is 9.10. The predicted octanol–water partition coefficient (Wildman–Crippen LogP) is 1.23. The molecule has 1 aliphatic rings. The van der Waals surface area contributed by atoms with Crippen LogP contribution in [-0.2, 0) is 4.79 Å². The van der Waals surface area contributed by atoms with Crippen molar-refractivity contribution < 1.29 is 4.79 Å². The van der Waals surface area contributed by atoms with Crippen LogP contribution in [0, 0.1) is 22.7 Å². The van der Waals surface area contributed by atoms with E-state index in [9.17, 15) is 4.79 Å². The highest BCUT2D eigenvalue weighted by Gasteiger charge is 2.23. The van der Waals surface area contributed by atoms with Crippen LogP contribution in [0.3, 0.4) is 0 Å². The van der Waals surface area contributed by atoms with Gasteiger partial charge in [0.2, 0.25) is 5.91 Å². The summed E-state index contributed by atoms with van der Waals surface area (Å²) in [5, 5.41) is 20.3. The van der Waals surface area contributed by atoms with Crippen LogP contribution < -0.4 is 10.2 Å². The molecule has 1 N–H and O–H groups in total. The van der Waals surface area contributed by atoms with E-state index in [1.165, 1.54) is 0 Å². The Morgan fingerprint density at radius 1 is 1.41 bits per heavy atom. The average Bonchev–Trinajstić information content (AvgIpc) is 2.37. The second-order valence-electron chi connectivity index (χ2n) is 3.65. The first-order valence-corrected chi connectivity index (χ1v) is 5.21. The number of fused-ring (bicyclic) bond motifs is 1. The van der Waals surface area contributed by atoms with E-state index in [1.807, 2.05) is 6.07 Å². The molecule has 1 aromatic carbocycles. The Hall–Kier alpha value is -2.53. The van der Waals surface area contributed by atoms with Crippen molar-refractivity contribution in [2.75, 3.05) is 23.3 Å². The second kappa shape index (κ2) is 4.54. The van der Waals surface area contributed by atoms with Crippen LogP contribution in [0.25, 0.3) is 0 Å². The zero-order chi connectivity index (χ0) is 12.3. The van der Waals surface area contributed by atoms with Crippen molar-refractivity contribution in [2.24, 2.45) is 0 Å². The van der Waals surface area contributed by atoms with Crippen LogP contribution in [0.1, 0.15) is 12.0 Å². The van der Waals surface area contributed by atoms with E-state index in [-0.39, 0.29) is 12.5 Å². The van der Waals surface area contributed by atoms with Crippen molar-refractivity contribution in [2.45, 2.75) is 6.42 Å². The average molecular weight is 226 g/mol. The highest BCUT2D eigenvalue weighted by atomic mass is 16.2. The number of carbonyl (C=O) groups excluding carboxylic acids is 1. The molecular weight excluding hydrogens is 216 g/mol. The molecule has 0 atom stereocenters. The van der Waals surface area contributed by atoms with Crippen LogP contribution in [0.4, 0.5) is 11.4 Å². The lowest BCUT2D eigenvalue weighted by Crippen LogP contribution is -2.40. The summed E-state index contributed by atoms with van der Waals surface area (Å²) in [7, 11) is 0. The monoisotopic (exact) mass is 226 g/mol. The number of hydrogen-bond donors (Lipinski definition) is 1. The number of carbonyl (C=O) groups is 1. The maximum Gasteiger partial charge on any atom is 0.246 e. The quantitative estimate of drug-likeness (QED) is 0.822. The van der Waals surface area contributed by atoms with Gasteiger partial charge in [-0.15, -0.1) is 0 Å². The molecule has 1 heterocycles. The second-order valence-corrected chi connectivity index (χ2v) is 3.65. The summed E-state index contributed by atoms with van der Waals surface area (Å²) >= 11 is 0. The Kier molecular flexibility index (Phi) is 2.93. The summed E-state index contributed by atoms with van der Waals surface area (Å²) in [6, 6.07) is 9.18. The third-order valence-electron chi connectivity index (χ3n) is 2.59. The third-order valence-corrected chi connectivity index (χ3v) is 2.59. The topological polar surface area (TPSA) is 79.9 Å². The number of benzene rings is 1. The first-order valence-electron chi connectivity index (χ1n) is 5.21. The van der Waals surface area contributed by atoms with Crippen LogP contribution in [0.5, 0.6) is 0 Å². The molecule has 0 saturated carbocycles. The highest BCUT2D eigenvalue weighted by molar-refractivity contribution is 6.02. The number of nitrogens with one attached hydrogen (secondary N) is 1. The van der Waals surface area contributed by atoms with Gasteiger partial charge in [-0.3, -0.25) is 4.79 Å². The fourth-order valence-electron chi connectivity index (χ4n) is 1.79. The summed E-state index contributed by atoms with van der Waals surface area (Å²) < 4.78 is 0. The Labute approximate surface area is 98.9 Å². The van der Waals surface area contributed by atoms with Gasteiger partial charge >= 0.3 is 0 Å². The lowest BCUT2D eigenvalue weighted by atomic mass is 10.1. The Morgan fingerprint density at radius 3 is 2.94 bits per heavy atom.